The molecule has 0 bridgehead atoms. The summed E-state index contributed by atoms with van der Waals surface area (Å²) < 4.78 is 20.6. The van der Waals surface area contributed by atoms with Gasteiger partial charge in [0.2, 0.25) is 0 Å². The van der Waals surface area contributed by atoms with Crippen molar-refractivity contribution < 1.29 is 48.7 Å². The Labute approximate surface area is 152 Å². The molecule has 2 rings (SSSR count). The van der Waals surface area contributed by atoms with Crippen molar-refractivity contribution in [1.29, 1.82) is 0 Å². The van der Waals surface area contributed by atoms with Gasteiger partial charge in [0.05, 0.1) is 19.8 Å². The van der Waals surface area contributed by atoms with Crippen LogP contribution >= 0.6 is 0 Å². The summed E-state index contributed by atoms with van der Waals surface area (Å²) in [5.41, 5.74) is 0. The van der Waals surface area contributed by atoms with Gasteiger partial charge in [0, 0.05) is 0 Å². The van der Waals surface area contributed by atoms with E-state index in [1.54, 1.807) is 0 Å². The normalized spacial score (nSPS) is 27.4. The minimum atomic E-state index is -1.10. The van der Waals surface area contributed by atoms with Gasteiger partial charge in [-0.2, -0.15) is 0 Å². The van der Waals surface area contributed by atoms with Gasteiger partial charge in [-0.1, -0.05) is 0 Å². The van der Waals surface area contributed by atoms with Gasteiger partial charge in [0.25, 0.3) is 10.2 Å². The number of ether oxygens (including phenoxy) is 4. The fourth-order valence-electron chi connectivity index (χ4n) is 2.76. The van der Waals surface area contributed by atoms with Gasteiger partial charge in [-0.15, -0.1) is 20.2 Å². The quantitative estimate of drug-likeness (QED) is 0.207. The molecule has 27 heavy (non-hydrogen) atoms. The number of hydrogen-bond acceptors (Lipinski definition) is 12. The summed E-state index contributed by atoms with van der Waals surface area (Å²) in [4.78, 5) is 40.5. The van der Waals surface area contributed by atoms with E-state index in [-0.39, 0.29) is 26.2 Å². The van der Waals surface area contributed by atoms with Crippen LogP contribution in [0.2, 0.25) is 0 Å². The summed E-state index contributed by atoms with van der Waals surface area (Å²) >= 11 is 0. The van der Waals surface area contributed by atoms with Crippen molar-refractivity contribution in [3.8, 4) is 0 Å². The van der Waals surface area contributed by atoms with Gasteiger partial charge in [-0.25, -0.2) is 4.79 Å². The van der Waals surface area contributed by atoms with Crippen molar-refractivity contribution in [3.05, 3.63) is 20.2 Å². The van der Waals surface area contributed by atoms with Gasteiger partial charge >= 0.3 is 6.16 Å². The van der Waals surface area contributed by atoms with Crippen molar-refractivity contribution in [2.24, 2.45) is 0 Å². The Balaban J connectivity index is 1.59. The van der Waals surface area contributed by atoms with Gasteiger partial charge in [0.1, 0.15) is 31.0 Å². The maximum atomic E-state index is 11.7. The second-order valence-corrected chi connectivity index (χ2v) is 5.88. The summed E-state index contributed by atoms with van der Waals surface area (Å²) in [6.07, 6.45) is -3.76. The number of hydrogen-bond donors (Lipinski definition) is 1. The highest BCUT2D eigenvalue weighted by Crippen LogP contribution is 2.28. The number of carbonyl (C=O) groups is 1. The van der Waals surface area contributed by atoms with Crippen LogP contribution in [0.25, 0.3) is 0 Å². The van der Waals surface area contributed by atoms with E-state index in [1.807, 2.05) is 0 Å². The second-order valence-electron chi connectivity index (χ2n) is 5.88. The Morgan fingerprint density at radius 1 is 1.15 bits per heavy atom. The van der Waals surface area contributed by atoms with Crippen LogP contribution in [0.4, 0.5) is 4.79 Å². The highest BCUT2D eigenvalue weighted by molar-refractivity contribution is 5.60. The zero-order chi connectivity index (χ0) is 19.8. The minimum Gasteiger partial charge on any atom is -0.434 e. The van der Waals surface area contributed by atoms with E-state index < -0.39 is 53.5 Å². The first kappa shape index (κ1) is 20.9. The molecule has 1 N–H and O–H groups in total. The average Bonchev–Trinajstić information content (AvgIpc) is 3.15. The molecule has 2 heterocycles. The molecule has 154 valence electrons. The van der Waals surface area contributed by atoms with Crippen LogP contribution in [0.15, 0.2) is 0 Å². The Bertz CT molecular complexity index is 531. The molecule has 5 atom stereocenters. The average molecular weight is 396 g/mol. The van der Waals surface area contributed by atoms with Crippen LogP contribution in [-0.2, 0) is 28.6 Å². The number of fused-ring (bicyclic) bond motifs is 1. The van der Waals surface area contributed by atoms with Gasteiger partial charge in [-0.3, -0.25) is 0 Å². The van der Waals surface area contributed by atoms with E-state index in [0.717, 1.165) is 0 Å². The highest BCUT2D eigenvalue weighted by atomic mass is 17.0. The van der Waals surface area contributed by atoms with Crippen molar-refractivity contribution in [1.82, 2.24) is 0 Å². The van der Waals surface area contributed by atoms with Crippen molar-refractivity contribution in [2.45, 2.75) is 49.8 Å². The summed E-state index contributed by atoms with van der Waals surface area (Å²) in [5, 5.41) is 27.9. The van der Waals surface area contributed by atoms with Crippen LogP contribution in [-0.4, -0.2) is 78.4 Å². The number of rotatable bonds is 11. The minimum absolute atomic E-state index is 0.0226. The van der Waals surface area contributed by atoms with Crippen LogP contribution in [0.5, 0.6) is 0 Å². The summed E-state index contributed by atoms with van der Waals surface area (Å²) in [6, 6.07) is 0. The Morgan fingerprint density at radius 3 is 2.59 bits per heavy atom. The monoisotopic (exact) mass is 396 g/mol. The van der Waals surface area contributed by atoms with E-state index in [0.29, 0.717) is 12.8 Å². The number of carbonyl (C=O) groups excluding carboxylic acids is 1. The van der Waals surface area contributed by atoms with Gasteiger partial charge < -0.3 is 33.7 Å². The molecule has 0 radical (unpaired) electrons. The molecular weight excluding hydrogens is 376 g/mol. The van der Waals surface area contributed by atoms with Crippen molar-refractivity contribution in [2.75, 3.05) is 26.4 Å². The zero-order valence-corrected chi connectivity index (χ0v) is 14.2. The van der Waals surface area contributed by atoms with Crippen molar-refractivity contribution >= 4 is 6.16 Å². The Hall–Kier alpha value is -2.45. The van der Waals surface area contributed by atoms with E-state index in [1.165, 1.54) is 0 Å². The molecule has 0 aromatic rings. The Morgan fingerprint density at radius 2 is 1.89 bits per heavy atom. The third kappa shape index (κ3) is 6.65. The SMILES string of the molecule is O=C(OCCCCC(CO[N+](=O)[O-])O[N+](=O)[O-])OC1CO[C@@H]2C(O)CO[C@H]12. The lowest BCUT2D eigenvalue weighted by atomic mass is 10.1. The maximum Gasteiger partial charge on any atom is 0.508 e. The van der Waals surface area contributed by atoms with Crippen molar-refractivity contribution in [3.63, 3.8) is 0 Å². The third-order valence-corrected chi connectivity index (χ3v) is 3.97. The first-order valence-electron chi connectivity index (χ1n) is 8.20. The largest absolute Gasteiger partial charge is 0.508 e. The molecule has 2 fully saturated rings. The van der Waals surface area contributed by atoms with Crippen LogP contribution in [0.3, 0.4) is 0 Å². The van der Waals surface area contributed by atoms with E-state index in [9.17, 15) is 30.1 Å². The van der Waals surface area contributed by atoms with E-state index in [4.69, 9.17) is 18.9 Å². The lowest BCUT2D eigenvalue weighted by molar-refractivity contribution is -0.790. The molecule has 0 aromatic carbocycles. The molecule has 0 saturated carbocycles. The summed E-state index contributed by atoms with van der Waals surface area (Å²) in [6.45, 7) is -0.395. The Kier molecular flexibility index (Phi) is 7.75. The van der Waals surface area contributed by atoms with E-state index >= 15 is 0 Å². The standard InChI is InChI=1S/C13H20N2O12/c16-9-6-23-12-10(7-24-11(9)12)26-13(17)22-4-2-1-3-8(27-15(20)21)5-25-14(18)19/h8-12,16H,1-7H2/t8?,9?,10?,11-,12-/m1/s1. The number of aliphatic hydroxyl groups is 1. The fourth-order valence-corrected chi connectivity index (χ4v) is 2.76. The molecule has 2 saturated heterocycles. The summed E-state index contributed by atoms with van der Waals surface area (Å²) in [7, 11) is 0. The molecule has 3 unspecified atom stereocenters. The van der Waals surface area contributed by atoms with Crippen LogP contribution in [0, 0.1) is 20.2 Å². The highest BCUT2D eigenvalue weighted by Gasteiger charge is 2.49. The topological polar surface area (TPSA) is 179 Å². The number of unbranched alkanes of at least 4 members (excludes halogenated alkanes) is 1. The van der Waals surface area contributed by atoms with Gasteiger partial charge in [-0.05, 0) is 19.3 Å². The molecule has 2 aliphatic heterocycles. The van der Waals surface area contributed by atoms with E-state index in [2.05, 4.69) is 9.68 Å². The molecule has 0 aliphatic carbocycles. The first-order valence-corrected chi connectivity index (χ1v) is 8.20. The lowest BCUT2D eigenvalue weighted by Gasteiger charge is -2.16. The predicted molar refractivity (Wildman–Crippen MR) is 80.4 cm³/mol. The van der Waals surface area contributed by atoms with Gasteiger partial charge in [0.15, 0.2) is 6.10 Å². The molecular formula is C13H20N2O12. The zero-order valence-electron chi connectivity index (χ0n) is 14.2. The molecule has 14 heteroatoms. The van der Waals surface area contributed by atoms with Crippen LogP contribution in [0.1, 0.15) is 19.3 Å². The second kappa shape index (κ2) is 10.0. The molecule has 14 nitrogen and oxygen atoms in total. The number of aliphatic hydroxyl groups excluding tert-OH is 1. The lowest BCUT2D eigenvalue weighted by Crippen LogP contribution is -2.34. The summed E-state index contributed by atoms with van der Waals surface area (Å²) in [5.74, 6) is 0. The van der Waals surface area contributed by atoms with Crippen LogP contribution < -0.4 is 0 Å². The predicted octanol–water partition coefficient (Wildman–Crippen LogP) is -0.378. The molecule has 2 aliphatic rings. The first-order chi connectivity index (χ1) is 12.9. The molecule has 0 spiro atoms. The maximum absolute atomic E-state index is 11.7. The fraction of sp³-hybridized carbons (Fsp3) is 0.923. The third-order valence-electron chi connectivity index (χ3n) is 3.97. The number of nitrogens with zero attached hydrogens (tertiary/aromatic N) is 2. The molecule has 0 amide bonds. The smallest absolute Gasteiger partial charge is 0.434 e. The molecule has 0 aromatic heterocycles.